The molecule has 4 aromatic rings. The van der Waals surface area contributed by atoms with E-state index in [9.17, 15) is 8.42 Å². The Morgan fingerprint density at radius 1 is 0.871 bits per heavy atom. The number of rotatable bonds is 6. The SMILES string of the molecule is CS(=O)(=O)N(C#Cc1ccccc1)CCc1cn(Cc2ccccc2)c2ccccc12. The molecule has 1 heterocycles. The van der Waals surface area contributed by atoms with E-state index >= 15 is 0 Å². The van der Waals surface area contributed by atoms with Gasteiger partial charge in [0.25, 0.3) is 0 Å². The fourth-order valence-corrected chi connectivity index (χ4v) is 4.24. The number of nitrogens with zero attached hydrogens (tertiary/aromatic N) is 2. The second-order valence-electron chi connectivity index (χ2n) is 7.47. The number of aromatic nitrogens is 1. The van der Waals surface area contributed by atoms with Crippen molar-refractivity contribution in [3.63, 3.8) is 0 Å². The summed E-state index contributed by atoms with van der Waals surface area (Å²) in [5.74, 6) is 2.95. The maximum atomic E-state index is 12.3. The van der Waals surface area contributed by atoms with E-state index in [-0.39, 0.29) is 0 Å². The van der Waals surface area contributed by atoms with Gasteiger partial charge in [-0.15, -0.1) is 0 Å². The van der Waals surface area contributed by atoms with Crippen LogP contribution in [0.25, 0.3) is 10.9 Å². The topological polar surface area (TPSA) is 42.3 Å². The molecular weight excluding hydrogens is 404 g/mol. The van der Waals surface area contributed by atoms with Crippen molar-refractivity contribution in [1.29, 1.82) is 0 Å². The zero-order valence-corrected chi connectivity index (χ0v) is 18.2. The minimum Gasteiger partial charge on any atom is -0.343 e. The summed E-state index contributed by atoms with van der Waals surface area (Å²) in [4.78, 5) is 0. The molecule has 0 bridgehead atoms. The number of hydrogen-bond donors (Lipinski definition) is 0. The molecule has 0 atom stereocenters. The van der Waals surface area contributed by atoms with Crippen LogP contribution in [-0.4, -0.2) is 30.1 Å². The number of hydrogen-bond acceptors (Lipinski definition) is 2. The molecule has 0 unspecified atom stereocenters. The molecule has 0 saturated heterocycles. The van der Waals surface area contributed by atoms with Crippen molar-refractivity contribution in [2.75, 3.05) is 12.8 Å². The van der Waals surface area contributed by atoms with Gasteiger partial charge in [-0.05, 0) is 41.7 Å². The first-order valence-corrected chi connectivity index (χ1v) is 12.0. The Morgan fingerprint density at radius 2 is 1.52 bits per heavy atom. The van der Waals surface area contributed by atoms with Gasteiger partial charge in [-0.2, -0.15) is 0 Å². The van der Waals surface area contributed by atoms with E-state index < -0.39 is 10.0 Å². The molecule has 0 fully saturated rings. The van der Waals surface area contributed by atoms with Crippen molar-refractivity contribution in [2.45, 2.75) is 13.0 Å². The Balaban J connectivity index is 1.59. The van der Waals surface area contributed by atoms with E-state index in [4.69, 9.17) is 0 Å². The van der Waals surface area contributed by atoms with E-state index in [2.05, 4.69) is 47.0 Å². The van der Waals surface area contributed by atoms with Gasteiger partial charge in [-0.1, -0.05) is 66.7 Å². The minimum absolute atomic E-state index is 0.304. The third kappa shape index (κ3) is 5.17. The Hall–Kier alpha value is -3.49. The van der Waals surface area contributed by atoms with Crippen molar-refractivity contribution in [3.05, 3.63) is 108 Å². The van der Waals surface area contributed by atoms with Gasteiger partial charge in [0.15, 0.2) is 0 Å². The van der Waals surface area contributed by atoms with Crippen LogP contribution in [0.4, 0.5) is 0 Å². The number of sulfonamides is 1. The first-order chi connectivity index (χ1) is 15.0. The summed E-state index contributed by atoms with van der Waals surface area (Å²) >= 11 is 0. The second-order valence-corrected chi connectivity index (χ2v) is 9.38. The van der Waals surface area contributed by atoms with Gasteiger partial charge in [-0.25, -0.2) is 12.7 Å². The smallest absolute Gasteiger partial charge is 0.238 e. The maximum absolute atomic E-state index is 12.3. The Bertz CT molecular complexity index is 1330. The van der Waals surface area contributed by atoms with Gasteiger partial charge in [0.1, 0.15) is 0 Å². The number of benzene rings is 3. The first-order valence-electron chi connectivity index (χ1n) is 10.2. The highest BCUT2D eigenvalue weighted by molar-refractivity contribution is 7.88. The summed E-state index contributed by atoms with van der Waals surface area (Å²) in [6, 6.07) is 30.8. The van der Waals surface area contributed by atoms with Gasteiger partial charge >= 0.3 is 0 Å². The molecule has 0 N–H and O–H groups in total. The average molecular weight is 429 g/mol. The van der Waals surface area contributed by atoms with Crippen molar-refractivity contribution in [2.24, 2.45) is 0 Å². The molecule has 0 aliphatic carbocycles. The summed E-state index contributed by atoms with van der Waals surface area (Å²) < 4.78 is 28.1. The van der Waals surface area contributed by atoms with Crippen LogP contribution in [0.3, 0.4) is 0 Å². The average Bonchev–Trinajstić information content (AvgIpc) is 3.12. The van der Waals surface area contributed by atoms with E-state index in [0.29, 0.717) is 13.0 Å². The van der Waals surface area contributed by atoms with Crippen LogP contribution in [0.2, 0.25) is 0 Å². The fraction of sp³-hybridized carbons (Fsp3) is 0.154. The molecule has 4 nitrogen and oxygen atoms in total. The van der Waals surface area contributed by atoms with E-state index in [1.165, 1.54) is 16.1 Å². The third-order valence-corrected chi connectivity index (χ3v) is 6.22. The molecule has 0 saturated carbocycles. The van der Waals surface area contributed by atoms with Crippen molar-refractivity contribution < 1.29 is 8.42 Å². The zero-order chi connectivity index (χ0) is 21.7. The third-order valence-electron chi connectivity index (χ3n) is 5.15. The van der Waals surface area contributed by atoms with Crippen LogP contribution < -0.4 is 0 Å². The molecule has 1 aromatic heterocycles. The highest BCUT2D eigenvalue weighted by Crippen LogP contribution is 2.23. The molecule has 4 rings (SSSR count). The normalized spacial score (nSPS) is 11.1. The van der Waals surface area contributed by atoms with Crippen molar-refractivity contribution in [3.8, 4) is 12.0 Å². The standard InChI is InChI=1S/C26H24N2O2S/c1-31(29,30)28(18-16-22-10-4-2-5-11-22)19-17-24-21-27(20-23-12-6-3-7-13-23)26-15-9-8-14-25(24)26/h2-15,21H,17,19-20H2,1H3. The molecule has 0 aliphatic rings. The lowest BCUT2D eigenvalue weighted by molar-refractivity contribution is 0.518. The predicted octanol–water partition coefficient (Wildman–Crippen LogP) is 4.50. The lowest BCUT2D eigenvalue weighted by Gasteiger charge is -2.14. The lowest BCUT2D eigenvalue weighted by atomic mass is 10.1. The van der Waals surface area contributed by atoms with Crippen LogP contribution >= 0.6 is 0 Å². The van der Waals surface area contributed by atoms with Gasteiger partial charge in [0.05, 0.1) is 6.26 Å². The number of para-hydroxylation sites is 1. The summed E-state index contributed by atoms with van der Waals surface area (Å²) in [6.07, 6.45) is 3.91. The van der Waals surface area contributed by atoms with Gasteiger partial charge in [0, 0.05) is 41.8 Å². The molecular formula is C26H24N2O2S. The van der Waals surface area contributed by atoms with Gasteiger partial charge < -0.3 is 4.57 Å². The van der Waals surface area contributed by atoms with Crippen molar-refractivity contribution >= 4 is 20.9 Å². The number of fused-ring (bicyclic) bond motifs is 1. The molecule has 0 aliphatic heterocycles. The Labute approximate surface area is 183 Å². The Morgan fingerprint density at radius 3 is 2.23 bits per heavy atom. The molecule has 0 spiro atoms. The summed E-state index contributed by atoms with van der Waals surface area (Å²) in [6.45, 7) is 1.07. The molecule has 0 amide bonds. The highest BCUT2D eigenvalue weighted by atomic mass is 32.2. The van der Waals surface area contributed by atoms with Crippen LogP contribution in [0, 0.1) is 12.0 Å². The van der Waals surface area contributed by atoms with E-state index in [1.807, 2.05) is 60.7 Å². The fourth-order valence-electron chi connectivity index (χ4n) is 3.61. The maximum Gasteiger partial charge on any atom is 0.238 e. The molecule has 3 aromatic carbocycles. The molecule has 31 heavy (non-hydrogen) atoms. The van der Waals surface area contributed by atoms with Crippen LogP contribution in [0.5, 0.6) is 0 Å². The predicted molar refractivity (Wildman–Crippen MR) is 126 cm³/mol. The van der Waals surface area contributed by atoms with Crippen LogP contribution in [-0.2, 0) is 23.0 Å². The summed E-state index contributed by atoms with van der Waals surface area (Å²) in [5.41, 5.74) is 4.27. The van der Waals surface area contributed by atoms with Crippen LogP contribution in [0.1, 0.15) is 16.7 Å². The quantitative estimate of drug-likeness (QED) is 0.335. The van der Waals surface area contributed by atoms with E-state index in [1.54, 1.807) is 0 Å². The molecule has 0 radical (unpaired) electrons. The van der Waals surface area contributed by atoms with Crippen LogP contribution in [0.15, 0.2) is 91.1 Å². The van der Waals surface area contributed by atoms with Gasteiger partial charge in [-0.3, -0.25) is 0 Å². The summed E-state index contributed by atoms with van der Waals surface area (Å²) in [5, 5.41) is 1.14. The largest absolute Gasteiger partial charge is 0.343 e. The first kappa shape index (κ1) is 20.8. The molecule has 156 valence electrons. The van der Waals surface area contributed by atoms with Gasteiger partial charge in [0.2, 0.25) is 10.0 Å². The van der Waals surface area contributed by atoms with Crippen molar-refractivity contribution in [1.82, 2.24) is 8.87 Å². The molecule has 5 heteroatoms. The summed E-state index contributed by atoms with van der Waals surface area (Å²) in [7, 11) is -3.45. The Kier molecular flexibility index (Phi) is 6.11. The monoisotopic (exact) mass is 428 g/mol. The lowest BCUT2D eigenvalue weighted by Crippen LogP contribution is -2.27. The highest BCUT2D eigenvalue weighted by Gasteiger charge is 2.15. The minimum atomic E-state index is -3.45. The second kappa shape index (κ2) is 9.11. The zero-order valence-electron chi connectivity index (χ0n) is 17.4. The van der Waals surface area contributed by atoms with E-state index in [0.717, 1.165) is 28.6 Å².